The summed E-state index contributed by atoms with van der Waals surface area (Å²) in [5, 5.41) is 2.61. The summed E-state index contributed by atoms with van der Waals surface area (Å²) >= 11 is 0. The first kappa shape index (κ1) is 13.6. The number of ether oxygens (including phenoxy) is 1. The van der Waals surface area contributed by atoms with E-state index >= 15 is 0 Å². The van der Waals surface area contributed by atoms with Gasteiger partial charge >= 0.3 is 0 Å². The summed E-state index contributed by atoms with van der Waals surface area (Å²) in [6.45, 7) is 3.76. The van der Waals surface area contributed by atoms with Crippen LogP contribution in [0.1, 0.15) is 19.4 Å². The summed E-state index contributed by atoms with van der Waals surface area (Å²) in [6, 6.07) is 4.28. The van der Waals surface area contributed by atoms with E-state index in [9.17, 15) is 9.18 Å². The van der Waals surface area contributed by atoms with Crippen molar-refractivity contribution in [2.75, 3.05) is 11.9 Å². The average molecular weight is 240 g/mol. The van der Waals surface area contributed by atoms with Gasteiger partial charge in [0.15, 0.2) is 0 Å². The average Bonchev–Trinajstić information content (AvgIpc) is 2.29. The van der Waals surface area contributed by atoms with Crippen LogP contribution in [0.4, 0.5) is 10.1 Å². The van der Waals surface area contributed by atoms with Crippen molar-refractivity contribution < 1.29 is 13.9 Å². The highest BCUT2D eigenvalue weighted by Crippen LogP contribution is 2.14. The van der Waals surface area contributed by atoms with E-state index in [-0.39, 0.29) is 31.0 Å². The summed E-state index contributed by atoms with van der Waals surface area (Å²) in [6.07, 6.45) is -0.00595. The molecule has 0 aromatic heterocycles. The molecule has 0 bridgehead atoms. The zero-order chi connectivity index (χ0) is 12.8. The van der Waals surface area contributed by atoms with Crippen LogP contribution < -0.4 is 11.1 Å². The number of rotatable bonds is 5. The number of carbonyl (C=O) groups excluding carboxylic acids is 1. The number of hydrogen-bond donors (Lipinski definition) is 2. The van der Waals surface area contributed by atoms with Gasteiger partial charge < -0.3 is 15.8 Å². The number of nitrogens with two attached hydrogens (primary N) is 1. The number of nitrogens with one attached hydrogen (secondary N) is 1. The van der Waals surface area contributed by atoms with Gasteiger partial charge in [-0.1, -0.05) is 0 Å². The zero-order valence-electron chi connectivity index (χ0n) is 10.00. The lowest BCUT2D eigenvalue weighted by Crippen LogP contribution is -2.20. The van der Waals surface area contributed by atoms with E-state index in [2.05, 4.69) is 5.32 Å². The Morgan fingerprint density at radius 2 is 2.24 bits per heavy atom. The second-order valence-electron chi connectivity index (χ2n) is 3.92. The van der Waals surface area contributed by atoms with Gasteiger partial charge in [-0.25, -0.2) is 4.39 Å². The van der Waals surface area contributed by atoms with E-state index in [1.165, 1.54) is 18.2 Å². The smallest absolute Gasteiger partial charge is 0.250 e. The van der Waals surface area contributed by atoms with Gasteiger partial charge in [0.05, 0.1) is 6.10 Å². The van der Waals surface area contributed by atoms with Crippen molar-refractivity contribution in [1.29, 1.82) is 0 Å². The van der Waals surface area contributed by atoms with Gasteiger partial charge in [0.1, 0.15) is 12.4 Å². The first-order valence-electron chi connectivity index (χ1n) is 5.43. The van der Waals surface area contributed by atoms with Crippen LogP contribution in [0, 0.1) is 5.82 Å². The molecule has 94 valence electrons. The maximum absolute atomic E-state index is 13.1. The van der Waals surface area contributed by atoms with Gasteiger partial charge in [-0.15, -0.1) is 0 Å². The highest BCUT2D eigenvalue weighted by atomic mass is 19.1. The third-order valence-electron chi connectivity index (χ3n) is 2.10. The molecule has 3 N–H and O–H groups in total. The fourth-order valence-electron chi connectivity index (χ4n) is 1.25. The number of amides is 1. The van der Waals surface area contributed by atoms with Gasteiger partial charge in [-0.05, 0) is 32.0 Å². The van der Waals surface area contributed by atoms with E-state index in [1.807, 2.05) is 13.8 Å². The van der Waals surface area contributed by atoms with Crippen molar-refractivity contribution >= 4 is 11.6 Å². The molecule has 4 nitrogen and oxygen atoms in total. The van der Waals surface area contributed by atoms with Crippen LogP contribution in [0.2, 0.25) is 0 Å². The molecule has 0 aliphatic heterocycles. The minimum absolute atomic E-state index is 0.00595. The number of carbonyl (C=O) groups is 1. The van der Waals surface area contributed by atoms with Crippen LogP contribution in [0.15, 0.2) is 18.2 Å². The number of halogens is 1. The number of hydrogen-bond acceptors (Lipinski definition) is 3. The highest BCUT2D eigenvalue weighted by Gasteiger charge is 2.06. The molecular weight excluding hydrogens is 223 g/mol. The molecule has 1 amide bonds. The third-order valence-corrected chi connectivity index (χ3v) is 2.10. The third kappa shape index (κ3) is 4.50. The minimum Gasteiger partial charge on any atom is -0.369 e. The maximum atomic E-state index is 13.1. The first-order chi connectivity index (χ1) is 8.02. The van der Waals surface area contributed by atoms with Crippen molar-refractivity contribution in [3.63, 3.8) is 0 Å². The lowest BCUT2D eigenvalue weighted by Gasteiger charge is -2.09. The van der Waals surface area contributed by atoms with Gasteiger partial charge in [0.25, 0.3) is 0 Å². The summed E-state index contributed by atoms with van der Waals surface area (Å²) in [7, 11) is 0. The van der Waals surface area contributed by atoms with Gasteiger partial charge in [0, 0.05) is 17.8 Å². The standard InChI is InChI=1S/C12H17FN2O2/c1-8(2)17-7-12(16)15-10-3-4-11(13)9(5-10)6-14/h3-5,8H,6-7,14H2,1-2H3,(H,15,16). The van der Waals surface area contributed by atoms with Crippen LogP contribution in [0.3, 0.4) is 0 Å². The lowest BCUT2D eigenvalue weighted by molar-refractivity contribution is -0.121. The molecule has 0 aliphatic rings. The predicted molar refractivity (Wildman–Crippen MR) is 64.0 cm³/mol. The molecule has 5 heteroatoms. The van der Waals surface area contributed by atoms with Crippen LogP contribution in [-0.4, -0.2) is 18.6 Å². The topological polar surface area (TPSA) is 64.3 Å². The number of benzene rings is 1. The second kappa shape index (κ2) is 6.32. The Kier molecular flexibility index (Phi) is 5.06. The van der Waals surface area contributed by atoms with Crippen molar-refractivity contribution in [3.05, 3.63) is 29.6 Å². The molecule has 1 aromatic rings. The summed E-state index contributed by atoms with van der Waals surface area (Å²) in [5.41, 5.74) is 6.26. The predicted octanol–water partition coefficient (Wildman–Crippen LogP) is 1.65. The quantitative estimate of drug-likeness (QED) is 0.822. The Bertz CT molecular complexity index is 394. The molecule has 0 saturated carbocycles. The normalized spacial score (nSPS) is 10.6. The zero-order valence-corrected chi connectivity index (χ0v) is 10.00. The van der Waals surface area contributed by atoms with Gasteiger partial charge in [0.2, 0.25) is 5.91 Å². The molecule has 0 saturated heterocycles. The fraction of sp³-hybridized carbons (Fsp3) is 0.417. The molecule has 0 spiro atoms. The summed E-state index contributed by atoms with van der Waals surface area (Å²) in [5.74, 6) is -0.641. The van der Waals surface area contributed by atoms with E-state index in [4.69, 9.17) is 10.5 Å². The van der Waals surface area contributed by atoms with Crippen LogP contribution >= 0.6 is 0 Å². The van der Waals surface area contributed by atoms with E-state index in [0.29, 0.717) is 11.3 Å². The summed E-state index contributed by atoms with van der Waals surface area (Å²) < 4.78 is 18.3. The molecule has 0 unspecified atom stereocenters. The molecule has 0 atom stereocenters. The van der Waals surface area contributed by atoms with Crippen LogP contribution in [0.5, 0.6) is 0 Å². The molecule has 0 fully saturated rings. The Hall–Kier alpha value is -1.46. The molecular formula is C12H17FN2O2. The molecule has 0 radical (unpaired) electrons. The van der Waals surface area contributed by atoms with E-state index in [1.54, 1.807) is 0 Å². The molecule has 0 aliphatic carbocycles. The summed E-state index contributed by atoms with van der Waals surface area (Å²) in [4.78, 5) is 11.4. The van der Waals surface area contributed by atoms with E-state index < -0.39 is 0 Å². The molecule has 0 heterocycles. The van der Waals surface area contributed by atoms with Crippen LogP contribution in [0.25, 0.3) is 0 Å². The molecule has 1 aromatic carbocycles. The Balaban J connectivity index is 2.59. The van der Waals surface area contributed by atoms with Crippen molar-refractivity contribution in [2.24, 2.45) is 5.73 Å². The Morgan fingerprint density at radius 1 is 1.53 bits per heavy atom. The second-order valence-corrected chi connectivity index (χ2v) is 3.92. The largest absolute Gasteiger partial charge is 0.369 e. The van der Waals surface area contributed by atoms with E-state index in [0.717, 1.165) is 0 Å². The number of anilines is 1. The Morgan fingerprint density at radius 3 is 2.82 bits per heavy atom. The van der Waals surface area contributed by atoms with Crippen molar-refractivity contribution in [1.82, 2.24) is 0 Å². The van der Waals surface area contributed by atoms with Crippen LogP contribution in [-0.2, 0) is 16.1 Å². The van der Waals surface area contributed by atoms with Crippen molar-refractivity contribution in [3.8, 4) is 0 Å². The van der Waals surface area contributed by atoms with Gasteiger partial charge in [-0.3, -0.25) is 4.79 Å². The molecule has 17 heavy (non-hydrogen) atoms. The minimum atomic E-state index is -0.371. The van der Waals surface area contributed by atoms with Gasteiger partial charge in [-0.2, -0.15) is 0 Å². The fourth-order valence-corrected chi connectivity index (χ4v) is 1.25. The monoisotopic (exact) mass is 240 g/mol. The highest BCUT2D eigenvalue weighted by molar-refractivity contribution is 5.91. The molecule has 1 rings (SSSR count). The lowest BCUT2D eigenvalue weighted by atomic mass is 10.2. The first-order valence-corrected chi connectivity index (χ1v) is 5.43. The maximum Gasteiger partial charge on any atom is 0.250 e. The SMILES string of the molecule is CC(C)OCC(=O)Nc1ccc(F)c(CN)c1. The van der Waals surface area contributed by atoms with Crippen molar-refractivity contribution in [2.45, 2.75) is 26.5 Å². The Labute approximate surface area is 100.0 Å².